The number of rotatable bonds is 13. The smallest absolute Gasteiger partial charge is 0.246 e. The van der Waals surface area contributed by atoms with E-state index in [2.05, 4.69) is 62.2 Å². The molecule has 69 heavy (non-hydrogen) atoms. The van der Waals surface area contributed by atoms with Gasteiger partial charge in [-0.2, -0.15) is 0 Å². The summed E-state index contributed by atoms with van der Waals surface area (Å²) in [5.41, 5.74) is 5.94. The summed E-state index contributed by atoms with van der Waals surface area (Å²) in [5, 5.41) is 18.6. The highest BCUT2D eigenvalue weighted by molar-refractivity contribution is 5.95. The predicted molar refractivity (Wildman–Crippen MR) is 268 cm³/mol. The number of likely N-dealkylation sites (N-methyl/N-ethyl adjacent to an activating group) is 2. The van der Waals surface area contributed by atoms with Crippen LogP contribution in [0.5, 0.6) is 0 Å². The van der Waals surface area contributed by atoms with Crippen molar-refractivity contribution in [3.8, 4) is 0 Å². The minimum Gasteiger partial charge on any atom is -0.347 e. The lowest BCUT2D eigenvalue weighted by molar-refractivity contribution is -0.147. The molecule has 4 aliphatic rings. The second kappa shape index (κ2) is 21.2. The number of nitrogens with zero attached hydrogens (tertiary/aromatic N) is 2. The molecule has 0 aromatic heterocycles. The molecule has 6 amide bonds. The Morgan fingerprint density at radius 1 is 0.594 bits per heavy atom. The fourth-order valence-electron chi connectivity index (χ4n) is 10.7. The zero-order valence-corrected chi connectivity index (χ0v) is 42.5. The van der Waals surface area contributed by atoms with Gasteiger partial charge in [-0.25, -0.2) is 0 Å². The lowest BCUT2D eigenvalue weighted by Gasteiger charge is -2.42. The van der Waals surface area contributed by atoms with Crippen LogP contribution < -0.4 is 31.9 Å². The number of hydrogen-bond acceptors (Lipinski definition) is 8. The van der Waals surface area contributed by atoms with E-state index in [-0.39, 0.29) is 73.0 Å². The molecule has 2 aliphatic heterocycles. The number of nitrogens with one attached hydrogen (secondary N) is 6. The fourth-order valence-corrected chi connectivity index (χ4v) is 10.7. The minimum atomic E-state index is -0.937. The van der Waals surface area contributed by atoms with Crippen molar-refractivity contribution in [2.45, 2.75) is 168 Å². The van der Waals surface area contributed by atoms with Crippen LogP contribution in [-0.4, -0.2) is 102 Å². The van der Waals surface area contributed by atoms with E-state index in [4.69, 9.17) is 0 Å². The van der Waals surface area contributed by atoms with Crippen LogP contribution in [0.25, 0.3) is 0 Å². The number of carbonyl (C=O) groups excluding carboxylic acids is 6. The van der Waals surface area contributed by atoms with Gasteiger partial charge in [0.15, 0.2) is 0 Å². The van der Waals surface area contributed by atoms with E-state index in [1.165, 1.54) is 11.1 Å². The van der Waals surface area contributed by atoms with Gasteiger partial charge in [-0.1, -0.05) is 108 Å². The first-order chi connectivity index (χ1) is 32.7. The third kappa shape index (κ3) is 11.4. The second-order valence-electron chi connectivity index (χ2n) is 22.1. The van der Waals surface area contributed by atoms with E-state index in [1.54, 1.807) is 37.7 Å². The summed E-state index contributed by atoms with van der Waals surface area (Å²) in [5.74, 6) is -2.04. The van der Waals surface area contributed by atoms with Gasteiger partial charge in [-0.05, 0) is 123 Å². The quantitative estimate of drug-likeness (QED) is 0.134. The van der Waals surface area contributed by atoms with Gasteiger partial charge in [0.25, 0.3) is 0 Å². The highest BCUT2D eigenvalue weighted by Crippen LogP contribution is 2.39. The van der Waals surface area contributed by atoms with Crippen molar-refractivity contribution in [3.63, 3.8) is 0 Å². The molecule has 0 radical (unpaired) electrons. The molecular formula is C55H76N8O6. The van der Waals surface area contributed by atoms with Gasteiger partial charge in [0, 0.05) is 25.4 Å². The van der Waals surface area contributed by atoms with Crippen LogP contribution in [0.15, 0.2) is 66.7 Å². The maximum atomic E-state index is 15.1. The second-order valence-corrected chi connectivity index (χ2v) is 22.1. The molecule has 0 unspecified atom stereocenters. The summed E-state index contributed by atoms with van der Waals surface area (Å²) in [6.45, 7) is 15.3. The third-order valence-corrected chi connectivity index (χ3v) is 15.1. The largest absolute Gasteiger partial charge is 0.347 e. The minimum absolute atomic E-state index is 0.119. The molecule has 372 valence electrons. The number of benzene rings is 3. The van der Waals surface area contributed by atoms with Crippen molar-refractivity contribution in [3.05, 3.63) is 106 Å². The molecule has 3 aromatic rings. The van der Waals surface area contributed by atoms with Crippen molar-refractivity contribution < 1.29 is 28.8 Å². The highest BCUT2D eigenvalue weighted by atomic mass is 16.2. The van der Waals surface area contributed by atoms with Gasteiger partial charge in [-0.3, -0.25) is 28.8 Å². The molecule has 2 heterocycles. The molecule has 0 spiro atoms. The van der Waals surface area contributed by atoms with Crippen molar-refractivity contribution in [1.29, 1.82) is 0 Å². The van der Waals surface area contributed by atoms with E-state index < -0.39 is 47.1 Å². The summed E-state index contributed by atoms with van der Waals surface area (Å²) in [6, 6.07) is 17.5. The van der Waals surface area contributed by atoms with E-state index in [1.807, 2.05) is 77.9 Å². The predicted octanol–water partition coefficient (Wildman–Crippen LogP) is 5.29. The molecule has 3 aromatic carbocycles. The summed E-state index contributed by atoms with van der Waals surface area (Å²) in [7, 11) is 3.39. The maximum absolute atomic E-state index is 15.1. The molecule has 14 heteroatoms. The topological polar surface area (TPSA) is 181 Å². The van der Waals surface area contributed by atoms with Crippen molar-refractivity contribution >= 4 is 35.4 Å². The van der Waals surface area contributed by atoms with Crippen molar-refractivity contribution in [2.75, 3.05) is 20.6 Å². The summed E-state index contributed by atoms with van der Waals surface area (Å²) in [6.07, 6.45) is 5.95. The van der Waals surface area contributed by atoms with E-state index in [0.717, 1.165) is 66.3 Å². The SMILES string of the molecule is CN[C@@H](C)C(=O)N[C@H](C(=O)N1Cc2cc([C@@H]3C[C@@H](C(=O)N[C@@H]4CCCc5ccccc54)N(C(=O)[C@@H](NC(=O)[C@H](C)NC)C(C)(C)C)C3)ccc2C[C@H]1C(=O)N[C@@H]1CCCc2ccccc21)C(C)(C)C. The fraction of sp³-hybridized carbons (Fsp3) is 0.564. The average Bonchev–Trinajstić information content (AvgIpc) is 3.79. The molecule has 2 aliphatic carbocycles. The Kier molecular flexibility index (Phi) is 15.7. The number of amides is 6. The summed E-state index contributed by atoms with van der Waals surface area (Å²) >= 11 is 0. The number of aryl methyl sites for hydroxylation is 2. The molecule has 1 saturated heterocycles. The van der Waals surface area contributed by atoms with Crippen LogP contribution in [0.4, 0.5) is 0 Å². The van der Waals surface area contributed by atoms with Gasteiger partial charge in [-0.15, -0.1) is 0 Å². The normalized spacial score (nSPS) is 23.0. The third-order valence-electron chi connectivity index (χ3n) is 15.1. The van der Waals surface area contributed by atoms with E-state index in [0.29, 0.717) is 6.42 Å². The molecule has 7 rings (SSSR count). The molecule has 0 bridgehead atoms. The van der Waals surface area contributed by atoms with Crippen LogP contribution in [0, 0.1) is 10.8 Å². The Labute approximate surface area is 409 Å². The molecule has 1 fully saturated rings. The number of fused-ring (bicyclic) bond motifs is 3. The zero-order chi connectivity index (χ0) is 49.9. The molecule has 14 nitrogen and oxygen atoms in total. The van der Waals surface area contributed by atoms with Crippen molar-refractivity contribution in [2.24, 2.45) is 10.8 Å². The highest BCUT2D eigenvalue weighted by Gasteiger charge is 2.47. The van der Waals surface area contributed by atoms with Crippen LogP contribution in [0.2, 0.25) is 0 Å². The number of hydrogen-bond donors (Lipinski definition) is 6. The Balaban J connectivity index is 1.22. The molecule has 6 N–H and O–H groups in total. The van der Waals surface area contributed by atoms with Crippen LogP contribution in [0.3, 0.4) is 0 Å². The Morgan fingerprint density at radius 2 is 1.07 bits per heavy atom. The van der Waals surface area contributed by atoms with Crippen LogP contribution >= 0.6 is 0 Å². The van der Waals surface area contributed by atoms with Gasteiger partial charge < -0.3 is 41.7 Å². The van der Waals surface area contributed by atoms with E-state index >= 15 is 4.79 Å². The van der Waals surface area contributed by atoms with Crippen LogP contribution in [0.1, 0.15) is 144 Å². The first-order valence-corrected chi connectivity index (χ1v) is 25.1. The van der Waals surface area contributed by atoms with Crippen LogP contribution in [-0.2, 0) is 54.6 Å². The Bertz CT molecular complexity index is 2410. The molecule has 9 atom stereocenters. The number of likely N-dealkylation sites (tertiary alicyclic amines) is 1. The monoisotopic (exact) mass is 945 g/mol. The average molecular weight is 945 g/mol. The summed E-state index contributed by atoms with van der Waals surface area (Å²) < 4.78 is 0. The zero-order valence-electron chi connectivity index (χ0n) is 42.5. The standard InChI is InChI=1S/C55H76N8O6/c1-32(56-9)48(64)60-46(54(3,4)5)52(68)62-30-38-27-36(25-26-37(38)28-44(62)50(66)58-42-23-15-19-34-17-11-13-21-40(34)42)39-29-45(51(67)59-43-24-16-20-35-18-12-14-22-41(35)43)63(31-39)53(69)47(55(6,7)8)61-49(65)33(2)57-10/h11-14,17-18,21-22,25-27,32-33,39,42-47,56-57H,15-16,19-20,23-24,28-31H2,1-10H3,(H,58,66)(H,59,67)(H,60,64)(H,61,65)/t32-,33-,39+,42+,43+,44-,45-,46+,47+/m0/s1. The lowest BCUT2D eigenvalue weighted by atomic mass is 9.83. The van der Waals surface area contributed by atoms with Crippen molar-refractivity contribution in [1.82, 2.24) is 41.7 Å². The summed E-state index contributed by atoms with van der Waals surface area (Å²) in [4.78, 5) is 89.5. The van der Waals surface area contributed by atoms with Gasteiger partial charge in [0.05, 0.1) is 24.2 Å². The van der Waals surface area contributed by atoms with Gasteiger partial charge in [0.2, 0.25) is 35.4 Å². The Hall–Kier alpha value is -5.60. The lowest BCUT2D eigenvalue weighted by Crippen LogP contribution is -2.62. The maximum Gasteiger partial charge on any atom is 0.246 e. The first kappa shape index (κ1) is 51.3. The first-order valence-electron chi connectivity index (χ1n) is 25.1. The molecular weight excluding hydrogens is 869 g/mol. The van der Waals surface area contributed by atoms with Gasteiger partial charge >= 0.3 is 0 Å². The number of carbonyl (C=O) groups is 6. The Morgan fingerprint density at radius 3 is 1.57 bits per heavy atom. The van der Waals surface area contributed by atoms with Gasteiger partial charge in [0.1, 0.15) is 24.2 Å². The van der Waals surface area contributed by atoms with E-state index in [9.17, 15) is 24.0 Å². The molecule has 0 saturated carbocycles.